The van der Waals surface area contributed by atoms with Gasteiger partial charge in [0.15, 0.2) is 0 Å². The van der Waals surface area contributed by atoms with E-state index in [2.05, 4.69) is 0 Å². The first-order valence-corrected chi connectivity index (χ1v) is 8.32. The molecule has 0 amide bonds. The minimum Gasteiger partial charge on any atom is -0.392 e. The SMILES string of the molecule is C[C@@]1(c2ccc(CO)cc2)CC[C@@](C)(c2ccc(CO)cc2)N1[O]. The fourth-order valence-corrected chi connectivity index (χ4v) is 3.70. The molecule has 2 atom stereocenters. The van der Waals surface area contributed by atoms with Gasteiger partial charge in [-0.15, -0.1) is 10.3 Å². The quantitative estimate of drug-likeness (QED) is 0.906. The van der Waals surface area contributed by atoms with E-state index in [4.69, 9.17) is 0 Å². The van der Waals surface area contributed by atoms with Crippen molar-refractivity contribution in [2.75, 3.05) is 0 Å². The monoisotopic (exact) mass is 326 g/mol. The van der Waals surface area contributed by atoms with Crippen molar-refractivity contribution < 1.29 is 15.4 Å². The van der Waals surface area contributed by atoms with Crippen molar-refractivity contribution in [3.05, 3.63) is 70.8 Å². The molecule has 1 fully saturated rings. The Bertz CT molecular complexity index is 636. The third-order valence-electron chi connectivity index (χ3n) is 5.51. The van der Waals surface area contributed by atoms with Crippen LogP contribution in [-0.4, -0.2) is 15.3 Å². The number of aliphatic hydroxyl groups excluding tert-OH is 2. The first-order chi connectivity index (χ1) is 11.4. The molecule has 1 radical (unpaired) electrons. The second-order valence-electron chi connectivity index (χ2n) is 7.05. The lowest BCUT2D eigenvalue weighted by Gasteiger charge is -2.37. The highest BCUT2D eigenvalue weighted by atomic mass is 16.5. The molecule has 24 heavy (non-hydrogen) atoms. The van der Waals surface area contributed by atoms with Crippen LogP contribution in [0.25, 0.3) is 0 Å². The molecule has 2 aromatic rings. The third kappa shape index (κ3) is 2.66. The van der Waals surface area contributed by atoms with Crippen LogP contribution in [0.5, 0.6) is 0 Å². The van der Waals surface area contributed by atoms with Crippen LogP contribution < -0.4 is 0 Å². The predicted octanol–water partition coefficient (Wildman–Crippen LogP) is 3.24. The number of rotatable bonds is 4. The summed E-state index contributed by atoms with van der Waals surface area (Å²) >= 11 is 0. The van der Waals surface area contributed by atoms with E-state index in [9.17, 15) is 15.4 Å². The second kappa shape index (κ2) is 6.30. The van der Waals surface area contributed by atoms with Gasteiger partial charge in [0.2, 0.25) is 0 Å². The average Bonchev–Trinajstić information content (AvgIpc) is 2.88. The highest BCUT2D eigenvalue weighted by molar-refractivity contribution is 5.34. The normalized spacial score (nSPS) is 27.5. The third-order valence-corrected chi connectivity index (χ3v) is 5.51. The van der Waals surface area contributed by atoms with Gasteiger partial charge in [-0.05, 0) is 48.9 Å². The van der Waals surface area contributed by atoms with Gasteiger partial charge in [-0.2, -0.15) is 0 Å². The molecule has 0 saturated carbocycles. The van der Waals surface area contributed by atoms with Crippen LogP contribution >= 0.6 is 0 Å². The summed E-state index contributed by atoms with van der Waals surface area (Å²) in [5, 5.41) is 32.9. The lowest BCUT2D eigenvalue weighted by atomic mass is 9.89. The van der Waals surface area contributed by atoms with E-state index in [-0.39, 0.29) is 13.2 Å². The van der Waals surface area contributed by atoms with E-state index in [1.807, 2.05) is 62.4 Å². The summed E-state index contributed by atoms with van der Waals surface area (Å²) < 4.78 is 0. The topological polar surface area (TPSA) is 63.6 Å². The Morgan fingerprint density at radius 1 is 0.792 bits per heavy atom. The molecule has 4 heteroatoms. The largest absolute Gasteiger partial charge is 0.392 e. The van der Waals surface area contributed by atoms with Crippen molar-refractivity contribution >= 4 is 0 Å². The average molecular weight is 326 g/mol. The molecule has 0 aromatic heterocycles. The Kier molecular flexibility index (Phi) is 4.49. The minimum atomic E-state index is -0.585. The molecule has 127 valence electrons. The molecule has 1 aliphatic rings. The number of benzene rings is 2. The van der Waals surface area contributed by atoms with Gasteiger partial charge in [0.05, 0.1) is 24.3 Å². The summed E-state index contributed by atoms with van der Waals surface area (Å²) in [6, 6.07) is 15.3. The van der Waals surface area contributed by atoms with E-state index in [0.717, 1.165) is 35.1 Å². The Hall–Kier alpha value is -1.72. The molecule has 0 unspecified atom stereocenters. The molecule has 4 nitrogen and oxygen atoms in total. The van der Waals surface area contributed by atoms with E-state index in [0.29, 0.717) is 0 Å². The number of hydrogen-bond donors (Lipinski definition) is 2. The summed E-state index contributed by atoms with van der Waals surface area (Å²) in [5.74, 6) is 0. The van der Waals surface area contributed by atoms with Gasteiger partial charge < -0.3 is 10.2 Å². The van der Waals surface area contributed by atoms with Crippen molar-refractivity contribution in [1.29, 1.82) is 0 Å². The summed E-state index contributed by atoms with van der Waals surface area (Å²) in [6.45, 7) is 3.99. The number of nitrogens with zero attached hydrogens (tertiary/aromatic N) is 1. The smallest absolute Gasteiger partial charge is 0.0724 e. The van der Waals surface area contributed by atoms with E-state index in [1.165, 1.54) is 5.06 Å². The zero-order chi connectivity index (χ0) is 17.4. The zero-order valence-electron chi connectivity index (χ0n) is 14.2. The standard InChI is InChI=1S/C20H24NO3/c1-19(17-7-3-15(13-22)4-8-17)11-12-20(2,21(19)24)18-9-5-16(14-23)6-10-18/h3-10,22-23H,11-14H2,1-2H3/t19-,20-/m0/s1. The van der Waals surface area contributed by atoms with Crippen LogP contribution in [-0.2, 0) is 29.5 Å². The Balaban J connectivity index is 1.92. The lowest BCUT2D eigenvalue weighted by molar-refractivity contribution is -0.260. The Morgan fingerprint density at radius 3 is 1.42 bits per heavy atom. The van der Waals surface area contributed by atoms with Gasteiger partial charge in [-0.3, -0.25) is 0 Å². The zero-order valence-corrected chi connectivity index (χ0v) is 14.2. The van der Waals surface area contributed by atoms with Crippen LogP contribution in [0.1, 0.15) is 48.9 Å². The highest BCUT2D eigenvalue weighted by Crippen LogP contribution is 2.50. The molecular formula is C20H24NO3. The van der Waals surface area contributed by atoms with E-state index >= 15 is 0 Å². The number of hydrogen-bond acceptors (Lipinski definition) is 3. The van der Waals surface area contributed by atoms with E-state index < -0.39 is 11.1 Å². The highest BCUT2D eigenvalue weighted by Gasteiger charge is 2.52. The molecular weight excluding hydrogens is 302 g/mol. The first-order valence-electron chi connectivity index (χ1n) is 8.32. The van der Waals surface area contributed by atoms with Gasteiger partial charge in [-0.1, -0.05) is 48.5 Å². The maximum atomic E-state index is 13.3. The summed E-state index contributed by atoms with van der Waals surface area (Å²) in [5.41, 5.74) is 2.48. The van der Waals surface area contributed by atoms with Gasteiger partial charge >= 0.3 is 0 Å². The van der Waals surface area contributed by atoms with Crippen LogP contribution in [0.3, 0.4) is 0 Å². The molecule has 2 N–H and O–H groups in total. The van der Waals surface area contributed by atoms with Crippen molar-refractivity contribution in [3.63, 3.8) is 0 Å². The van der Waals surface area contributed by atoms with Crippen molar-refractivity contribution in [1.82, 2.24) is 5.06 Å². The summed E-state index contributed by atoms with van der Waals surface area (Å²) in [6.07, 6.45) is 1.54. The van der Waals surface area contributed by atoms with Crippen LogP contribution in [0, 0.1) is 0 Å². The summed E-state index contributed by atoms with van der Waals surface area (Å²) in [7, 11) is 0. The maximum absolute atomic E-state index is 13.3. The molecule has 0 aliphatic carbocycles. The molecule has 0 spiro atoms. The molecule has 2 aromatic carbocycles. The molecule has 1 saturated heterocycles. The first kappa shape index (κ1) is 17.1. The minimum absolute atomic E-state index is 0.00695. The van der Waals surface area contributed by atoms with Crippen LogP contribution in [0.2, 0.25) is 0 Å². The number of aliphatic hydroxyl groups is 2. The Labute approximate surface area is 142 Å². The Morgan fingerprint density at radius 2 is 1.12 bits per heavy atom. The van der Waals surface area contributed by atoms with Crippen molar-refractivity contribution in [3.8, 4) is 0 Å². The fraction of sp³-hybridized carbons (Fsp3) is 0.400. The summed E-state index contributed by atoms with van der Waals surface area (Å²) in [4.78, 5) is 0. The van der Waals surface area contributed by atoms with E-state index in [1.54, 1.807) is 0 Å². The maximum Gasteiger partial charge on any atom is 0.0724 e. The molecule has 1 heterocycles. The van der Waals surface area contributed by atoms with Gasteiger partial charge in [-0.25, -0.2) is 0 Å². The fourth-order valence-electron chi connectivity index (χ4n) is 3.70. The van der Waals surface area contributed by atoms with Gasteiger partial charge in [0.25, 0.3) is 0 Å². The van der Waals surface area contributed by atoms with Crippen molar-refractivity contribution in [2.45, 2.75) is 51.0 Å². The van der Waals surface area contributed by atoms with Crippen LogP contribution in [0.4, 0.5) is 0 Å². The van der Waals surface area contributed by atoms with Gasteiger partial charge in [0.1, 0.15) is 0 Å². The lowest BCUT2D eigenvalue weighted by Crippen LogP contribution is -2.44. The molecule has 1 aliphatic heterocycles. The second-order valence-corrected chi connectivity index (χ2v) is 7.05. The number of hydroxylamine groups is 2. The molecule has 0 bridgehead atoms. The predicted molar refractivity (Wildman–Crippen MR) is 91.2 cm³/mol. The van der Waals surface area contributed by atoms with Gasteiger partial charge in [0, 0.05) is 0 Å². The molecule has 3 rings (SSSR count). The van der Waals surface area contributed by atoms with Crippen molar-refractivity contribution in [2.24, 2.45) is 0 Å². The van der Waals surface area contributed by atoms with Crippen LogP contribution in [0.15, 0.2) is 48.5 Å².